The number of carbonyl (C=O) groups is 6. The van der Waals surface area contributed by atoms with Gasteiger partial charge in [-0.05, 0) is 125 Å². The number of piperazine rings is 1. The van der Waals surface area contributed by atoms with Gasteiger partial charge in [0.2, 0.25) is 17.8 Å². The normalized spacial score (nSPS) is 16.8. The van der Waals surface area contributed by atoms with E-state index >= 15 is 44.7 Å². The van der Waals surface area contributed by atoms with E-state index in [9.17, 15) is 55.3 Å². The number of halogens is 10. The lowest BCUT2D eigenvalue weighted by atomic mass is 9.77. The first-order valence-electron chi connectivity index (χ1n) is 35.2. The Labute approximate surface area is 652 Å². The standard InChI is InChI=1S/C73H83F10N12O18PS/c1-39-23-44(28-58(96)86-45-17-20-54(108-8)57(29-45)115(105,106)107)60(55(24-39)113-114(102,103)104)69(2,3)30-59(97)112-56(36-93(91-64(99)62(89-68(101)110-10)71(6,7)73(81,82)83)35-49-50(74)26-43(27-51(49)75)52-21-22-94(90-52)65(76)77)53(87-63(98)61(88-67(100)109-9)70(4,5)72(78,79)80)25-41-14-11-40(12-15-41)13-16-42-31-84-66(85-32-42)92-33-46-18-19-47(34-92)95(46)48-37-111-38-48/h11-12,14-15,17,20-24,26-27,29,31-32,46-48,53,56,61-62,65H,18-19,25,28,30,33-38H2,1-10H3,(H,86,96)(H,87,98)(H,88,100)(H,89,101)(H,91,99)(H2,102,103,104)(H,105,106,107)/t46?,47?,53-,56-,61+,62+/m0/s1. The summed E-state index contributed by atoms with van der Waals surface area (Å²) in [5.74, 6) is -3.91. The zero-order valence-corrected chi connectivity index (χ0v) is 65.0. The number of aromatic nitrogens is 4. The van der Waals surface area contributed by atoms with Crippen LogP contribution in [0.25, 0.3) is 11.3 Å². The lowest BCUT2D eigenvalue weighted by Gasteiger charge is -2.47. The molecule has 6 aromatic rings. The number of carbonyl (C=O) groups excluding carboxylic acids is 6. The molecule has 8 N–H and O–H groups in total. The molecule has 3 aliphatic heterocycles. The third-order valence-electron chi connectivity index (χ3n) is 19.8. The number of amides is 5. The second-order valence-corrected chi connectivity index (χ2v) is 31.9. The first-order chi connectivity index (χ1) is 53.6. The fourth-order valence-corrected chi connectivity index (χ4v) is 14.7. The summed E-state index contributed by atoms with van der Waals surface area (Å²) in [6.45, 7) is 2.51. The first-order valence-corrected chi connectivity index (χ1v) is 38.1. The van der Waals surface area contributed by atoms with Crippen LogP contribution in [0.15, 0.2) is 96.3 Å². The van der Waals surface area contributed by atoms with Gasteiger partial charge in [-0.3, -0.25) is 43.8 Å². The summed E-state index contributed by atoms with van der Waals surface area (Å²) in [5, 5.41) is 12.4. The maximum absolute atomic E-state index is 16.9. The molecule has 0 radical (unpaired) electrons. The maximum Gasteiger partial charge on any atom is 0.524 e. The number of fused-ring (bicyclic) bond motifs is 2. The number of alkyl halides is 8. The van der Waals surface area contributed by atoms with E-state index in [1.54, 1.807) is 5.32 Å². The number of esters is 1. The molecule has 0 spiro atoms. The Hall–Kier alpha value is -10.2. The predicted molar refractivity (Wildman–Crippen MR) is 388 cm³/mol. The van der Waals surface area contributed by atoms with Gasteiger partial charge in [-0.1, -0.05) is 43.9 Å². The second kappa shape index (κ2) is 35.5. The van der Waals surface area contributed by atoms with Crippen molar-refractivity contribution in [2.24, 2.45) is 10.8 Å². The number of aryl methyl sites for hydroxylation is 1. The molecule has 5 heterocycles. The van der Waals surface area contributed by atoms with Crippen molar-refractivity contribution < 1.29 is 128 Å². The molecule has 42 heteroatoms. The highest BCUT2D eigenvalue weighted by Gasteiger charge is 2.58. The van der Waals surface area contributed by atoms with Gasteiger partial charge in [0.1, 0.15) is 46.2 Å². The SMILES string of the molecule is COC(=O)N[C@H](C(=O)N[C@@H](Cc1ccc(C#Cc2cnc(N3CC4CCC(C3)N4C3COC3)nc2)cc1)[C@H](CN(Cc1c(F)cc(-c2ccn(C(F)F)n2)cc1F)NC(=O)[C@@H](NC(=O)OC)C(C)(C)C(F)(F)F)OC(=O)CC(C)(C)c1c(CC(=O)Nc2ccc(OC)c(S(=O)(=O)O)c2)cc(C)cc1OP(=O)(O)O)C(C)(C)C(F)(F)F. The van der Waals surface area contributed by atoms with Crippen LogP contribution in [0.3, 0.4) is 0 Å². The Morgan fingerprint density at radius 2 is 1.32 bits per heavy atom. The third kappa shape index (κ3) is 21.9. The molecule has 3 fully saturated rings. The summed E-state index contributed by atoms with van der Waals surface area (Å²) in [6.07, 6.45) is -13.3. The lowest BCUT2D eigenvalue weighted by Crippen LogP contribution is -2.64. The summed E-state index contributed by atoms with van der Waals surface area (Å²) in [5.41, 5.74) is -8.47. The van der Waals surface area contributed by atoms with E-state index in [0.29, 0.717) is 108 Å². The highest BCUT2D eigenvalue weighted by Crippen LogP contribution is 2.47. The minimum atomic E-state index is -5.65. The molecule has 9 rings (SSSR count). The number of hydrogen-bond acceptors (Lipinski definition) is 21. The molecule has 5 amide bonds. The Morgan fingerprint density at radius 1 is 0.748 bits per heavy atom. The van der Waals surface area contributed by atoms with Gasteiger partial charge in [0.25, 0.3) is 16.0 Å². The molecule has 624 valence electrons. The number of hydrogen-bond donors (Lipinski definition) is 8. The highest BCUT2D eigenvalue weighted by molar-refractivity contribution is 7.86. The number of nitrogens with zero attached hydrogens (tertiary/aromatic N) is 7. The minimum Gasteiger partial charge on any atom is -0.495 e. The van der Waals surface area contributed by atoms with Crippen molar-refractivity contribution >= 4 is 65.5 Å². The number of benzene rings is 4. The van der Waals surface area contributed by atoms with Crippen LogP contribution < -0.4 is 40.9 Å². The first kappa shape index (κ1) is 88.7. The summed E-state index contributed by atoms with van der Waals surface area (Å²) in [7, 11) is -8.10. The van der Waals surface area contributed by atoms with Crippen LogP contribution in [0.5, 0.6) is 11.5 Å². The van der Waals surface area contributed by atoms with Gasteiger partial charge in [-0.2, -0.15) is 48.6 Å². The zero-order valence-electron chi connectivity index (χ0n) is 63.3. The van der Waals surface area contributed by atoms with Gasteiger partial charge in [0.05, 0.1) is 88.1 Å². The zero-order chi connectivity index (χ0) is 84.8. The largest absolute Gasteiger partial charge is 0.524 e. The molecule has 2 unspecified atom stereocenters. The number of ether oxygens (including phenoxy) is 5. The highest BCUT2D eigenvalue weighted by atomic mass is 32.2. The van der Waals surface area contributed by atoms with Crippen molar-refractivity contribution in [3.63, 3.8) is 0 Å². The number of hydrazine groups is 1. The van der Waals surface area contributed by atoms with Gasteiger partial charge in [0, 0.05) is 83.7 Å². The van der Waals surface area contributed by atoms with E-state index in [-0.39, 0.29) is 43.9 Å². The molecular formula is C73H83F10N12O18PS. The third-order valence-corrected chi connectivity index (χ3v) is 21.1. The number of methoxy groups -OCH3 is 3. The fraction of sp³-hybridized carbons (Fsp3) is 0.466. The molecule has 3 saturated heterocycles. The van der Waals surface area contributed by atoms with Gasteiger partial charge in [-0.25, -0.2) is 42.6 Å². The van der Waals surface area contributed by atoms with Crippen molar-refractivity contribution in [1.82, 2.24) is 51.0 Å². The van der Waals surface area contributed by atoms with Crippen LogP contribution in [0.4, 0.5) is 65.1 Å². The molecule has 2 aromatic heterocycles. The van der Waals surface area contributed by atoms with Crippen LogP contribution in [-0.4, -0.2) is 197 Å². The van der Waals surface area contributed by atoms with Crippen LogP contribution in [0.2, 0.25) is 0 Å². The van der Waals surface area contributed by atoms with Crippen LogP contribution in [0, 0.1) is 41.2 Å². The number of anilines is 2. The average Bonchev–Trinajstić information content (AvgIpc) is 1.71. The van der Waals surface area contributed by atoms with Crippen molar-refractivity contribution in [3.05, 3.63) is 142 Å². The molecule has 115 heavy (non-hydrogen) atoms. The number of rotatable bonds is 30. The van der Waals surface area contributed by atoms with Crippen LogP contribution in [0.1, 0.15) is 106 Å². The molecule has 0 saturated carbocycles. The van der Waals surface area contributed by atoms with E-state index < -0.39 is 185 Å². The van der Waals surface area contributed by atoms with E-state index in [2.05, 4.69) is 62.2 Å². The van der Waals surface area contributed by atoms with Gasteiger partial charge >= 0.3 is 44.9 Å². The van der Waals surface area contributed by atoms with Crippen molar-refractivity contribution in [3.8, 4) is 34.6 Å². The van der Waals surface area contributed by atoms with Crippen molar-refractivity contribution in [2.75, 3.05) is 64.4 Å². The van der Waals surface area contributed by atoms with E-state index in [1.807, 2.05) is 5.32 Å². The maximum atomic E-state index is 16.9. The number of nitrogens with one attached hydrogen (secondary N) is 5. The van der Waals surface area contributed by atoms with Gasteiger partial charge in [-0.15, -0.1) is 0 Å². The summed E-state index contributed by atoms with van der Waals surface area (Å²) in [6, 6.07) is 6.50. The van der Waals surface area contributed by atoms with E-state index in [0.717, 1.165) is 57.5 Å². The molecule has 6 atom stereocenters. The number of phosphoric acid groups is 1. The summed E-state index contributed by atoms with van der Waals surface area (Å²) < 4.78 is 231. The molecule has 3 aliphatic rings. The monoisotopic (exact) mass is 1670 g/mol. The molecule has 2 bridgehead atoms. The van der Waals surface area contributed by atoms with E-state index in [1.165, 1.54) is 69.6 Å². The Balaban J connectivity index is 1.17. The topological polar surface area (TPSA) is 383 Å². The molecular weight excluding hydrogens is 1590 g/mol. The van der Waals surface area contributed by atoms with Crippen molar-refractivity contribution in [1.29, 1.82) is 0 Å². The van der Waals surface area contributed by atoms with E-state index in [4.69, 9.17) is 18.7 Å². The Bertz CT molecular complexity index is 4790. The quantitative estimate of drug-likeness (QED) is 0.00396. The Morgan fingerprint density at radius 3 is 1.83 bits per heavy atom. The molecule has 0 aliphatic carbocycles. The number of alkyl carbamates (subject to hydrolysis) is 2. The van der Waals surface area contributed by atoms with Gasteiger partial charge < -0.3 is 54.4 Å². The molecule has 30 nitrogen and oxygen atoms in total. The predicted octanol–water partition coefficient (Wildman–Crippen LogP) is 9.15. The second-order valence-electron chi connectivity index (χ2n) is 29.3. The summed E-state index contributed by atoms with van der Waals surface area (Å²) in [4.78, 5) is 119. The minimum absolute atomic E-state index is 0.0637. The lowest BCUT2D eigenvalue weighted by molar-refractivity contribution is -0.221. The smallest absolute Gasteiger partial charge is 0.495 e. The molecule has 4 aromatic carbocycles. The number of phosphoric ester groups is 1. The van der Waals surface area contributed by atoms with Gasteiger partial charge in [0.15, 0.2) is 0 Å². The summed E-state index contributed by atoms with van der Waals surface area (Å²) >= 11 is 0. The fourth-order valence-electron chi connectivity index (χ4n) is 13.6. The van der Waals surface area contributed by atoms with Crippen LogP contribution in [-0.2, 0) is 77.6 Å². The van der Waals surface area contributed by atoms with Crippen LogP contribution >= 0.6 is 7.82 Å². The average molecular weight is 1670 g/mol. The Kier molecular flexibility index (Phi) is 27.4. The van der Waals surface area contributed by atoms with Crippen molar-refractivity contribution in [2.45, 2.75) is 159 Å².